The molecule has 0 heterocycles. The lowest BCUT2D eigenvalue weighted by atomic mass is 9.90. The summed E-state index contributed by atoms with van der Waals surface area (Å²) in [6.07, 6.45) is 33.8. The second-order valence-electron chi connectivity index (χ2n) is 13.7. The predicted octanol–water partition coefficient (Wildman–Crippen LogP) is 11.8. The molecule has 3 heteroatoms. The fourth-order valence-electron chi connectivity index (χ4n) is 6.37. The van der Waals surface area contributed by atoms with Gasteiger partial charge in [0.25, 0.3) is 0 Å². The Labute approximate surface area is 260 Å². The third kappa shape index (κ3) is 25.6. The highest BCUT2D eigenvalue weighted by Gasteiger charge is 2.26. The van der Waals surface area contributed by atoms with Crippen LogP contribution < -0.4 is 0 Å². The number of carbonyl (C=O) groups is 1. The molecule has 0 aromatic rings. The molecule has 0 saturated heterocycles. The van der Waals surface area contributed by atoms with Gasteiger partial charge in [0.1, 0.15) is 0 Å². The van der Waals surface area contributed by atoms with Crippen LogP contribution in [0.25, 0.3) is 0 Å². The van der Waals surface area contributed by atoms with Crippen LogP contribution in [0.4, 0.5) is 0 Å². The lowest BCUT2D eigenvalue weighted by Gasteiger charge is -2.32. The van der Waals surface area contributed by atoms with Gasteiger partial charge in [0, 0.05) is 19.0 Å². The first-order valence-corrected chi connectivity index (χ1v) is 18.9. The van der Waals surface area contributed by atoms with Gasteiger partial charge in [0.2, 0.25) is 5.91 Å². The molecule has 0 bridgehead atoms. The first-order chi connectivity index (χ1) is 20.0. The van der Waals surface area contributed by atoms with Crippen molar-refractivity contribution in [3.8, 4) is 0 Å². The zero-order valence-electron chi connectivity index (χ0n) is 29.5. The van der Waals surface area contributed by atoms with Gasteiger partial charge in [-0.3, -0.25) is 4.79 Å². The van der Waals surface area contributed by atoms with Crippen molar-refractivity contribution in [1.82, 2.24) is 9.80 Å². The number of hydrogen-bond donors (Lipinski definition) is 0. The Hall–Kier alpha value is -0.570. The van der Waals surface area contributed by atoms with Gasteiger partial charge in [0.15, 0.2) is 0 Å². The fourth-order valence-corrected chi connectivity index (χ4v) is 6.37. The van der Waals surface area contributed by atoms with Gasteiger partial charge in [-0.15, -0.1) is 0 Å². The standard InChI is InChI=1S/C38H78N2O/c1-7-11-15-19-21-24-30-36(29-23-17-13-9-3)35-40(34-28-27-33-39(5)6)38(41)37(31-25-18-14-10-4)32-26-22-20-16-12-8-2/h36-37H,7-35H2,1-6H3. The van der Waals surface area contributed by atoms with E-state index in [0.717, 1.165) is 38.9 Å². The summed E-state index contributed by atoms with van der Waals surface area (Å²) >= 11 is 0. The molecule has 0 fully saturated rings. The first kappa shape index (κ1) is 40.4. The molecule has 0 spiro atoms. The zero-order chi connectivity index (χ0) is 30.4. The van der Waals surface area contributed by atoms with E-state index in [1.54, 1.807) is 0 Å². The SMILES string of the molecule is CCCCCCCCC(CCCCCC)CN(CCCCN(C)C)C(=O)C(CCCCCC)CCCCCCCC. The normalized spacial score (nSPS) is 13.1. The Morgan fingerprint density at radius 2 is 0.829 bits per heavy atom. The van der Waals surface area contributed by atoms with E-state index in [4.69, 9.17) is 0 Å². The van der Waals surface area contributed by atoms with Crippen molar-refractivity contribution in [2.24, 2.45) is 11.8 Å². The maximum Gasteiger partial charge on any atom is 0.225 e. The minimum Gasteiger partial charge on any atom is -0.342 e. The quantitative estimate of drug-likeness (QED) is 0.0741. The van der Waals surface area contributed by atoms with E-state index in [1.165, 1.54) is 148 Å². The van der Waals surface area contributed by atoms with Gasteiger partial charge in [-0.25, -0.2) is 0 Å². The summed E-state index contributed by atoms with van der Waals surface area (Å²) in [5, 5.41) is 0. The minimum atomic E-state index is 0.252. The van der Waals surface area contributed by atoms with Crippen LogP contribution in [0.2, 0.25) is 0 Å². The third-order valence-corrected chi connectivity index (χ3v) is 9.17. The molecule has 3 nitrogen and oxygen atoms in total. The molecule has 0 aromatic carbocycles. The highest BCUT2D eigenvalue weighted by Crippen LogP contribution is 2.25. The molecule has 0 aromatic heterocycles. The van der Waals surface area contributed by atoms with Crippen molar-refractivity contribution < 1.29 is 4.79 Å². The maximum atomic E-state index is 14.3. The summed E-state index contributed by atoms with van der Waals surface area (Å²) in [7, 11) is 4.34. The average Bonchev–Trinajstić information content (AvgIpc) is 2.96. The number of unbranched alkanes of at least 4 members (excludes halogenated alkanes) is 17. The van der Waals surface area contributed by atoms with Gasteiger partial charge in [-0.1, -0.05) is 156 Å². The van der Waals surface area contributed by atoms with E-state index in [9.17, 15) is 4.79 Å². The molecule has 0 aliphatic rings. The molecule has 0 rings (SSSR count). The number of nitrogens with zero attached hydrogens (tertiary/aromatic N) is 2. The minimum absolute atomic E-state index is 0.252. The van der Waals surface area contributed by atoms with E-state index in [2.05, 4.69) is 51.6 Å². The molecule has 0 aliphatic heterocycles. The van der Waals surface area contributed by atoms with Crippen molar-refractivity contribution >= 4 is 5.91 Å². The van der Waals surface area contributed by atoms with Crippen molar-refractivity contribution in [2.75, 3.05) is 33.7 Å². The van der Waals surface area contributed by atoms with Gasteiger partial charge in [0.05, 0.1) is 0 Å². The van der Waals surface area contributed by atoms with Crippen LogP contribution in [0.1, 0.15) is 195 Å². The summed E-state index contributed by atoms with van der Waals surface area (Å²) in [5.74, 6) is 1.45. The van der Waals surface area contributed by atoms with E-state index in [0.29, 0.717) is 11.8 Å². The molecule has 0 saturated carbocycles. The van der Waals surface area contributed by atoms with Gasteiger partial charge in [-0.05, 0) is 65.1 Å². The largest absolute Gasteiger partial charge is 0.342 e. The summed E-state index contributed by atoms with van der Waals surface area (Å²) in [6, 6.07) is 0. The van der Waals surface area contributed by atoms with Crippen LogP contribution >= 0.6 is 0 Å². The van der Waals surface area contributed by atoms with Crippen LogP contribution in [-0.4, -0.2) is 49.4 Å². The Morgan fingerprint density at radius 1 is 0.463 bits per heavy atom. The molecular weight excluding hydrogens is 500 g/mol. The Kier molecular flexibility index (Phi) is 30.4. The number of amides is 1. The highest BCUT2D eigenvalue weighted by atomic mass is 16.2. The van der Waals surface area contributed by atoms with Crippen LogP contribution in [0.3, 0.4) is 0 Å². The van der Waals surface area contributed by atoms with E-state index in [-0.39, 0.29) is 5.92 Å². The summed E-state index contributed by atoms with van der Waals surface area (Å²) in [4.78, 5) is 19.0. The van der Waals surface area contributed by atoms with Crippen molar-refractivity contribution in [3.63, 3.8) is 0 Å². The lowest BCUT2D eigenvalue weighted by Crippen LogP contribution is -2.40. The van der Waals surface area contributed by atoms with Crippen molar-refractivity contribution in [2.45, 2.75) is 195 Å². The summed E-state index contributed by atoms with van der Waals surface area (Å²) in [6.45, 7) is 12.3. The van der Waals surface area contributed by atoms with Crippen LogP contribution in [-0.2, 0) is 4.79 Å². The summed E-state index contributed by atoms with van der Waals surface area (Å²) in [5.41, 5.74) is 0. The molecule has 0 N–H and O–H groups in total. The predicted molar refractivity (Wildman–Crippen MR) is 185 cm³/mol. The van der Waals surface area contributed by atoms with Gasteiger partial charge < -0.3 is 9.80 Å². The van der Waals surface area contributed by atoms with Gasteiger partial charge in [-0.2, -0.15) is 0 Å². The number of rotatable bonds is 32. The highest BCUT2D eigenvalue weighted by molar-refractivity contribution is 5.78. The molecule has 41 heavy (non-hydrogen) atoms. The fraction of sp³-hybridized carbons (Fsp3) is 0.974. The maximum absolute atomic E-state index is 14.3. The second kappa shape index (κ2) is 30.9. The smallest absolute Gasteiger partial charge is 0.225 e. The number of carbonyl (C=O) groups excluding carboxylic acids is 1. The van der Waals surface area contributed by atoms with Crippen LogP contribution in [0.15, 0.2) is 0 Å². The first-order valence-electron chi connectivity index (χ1n) is 18.9. The van der Waals surface area contributed by atoms with Gasteiger partial charge >= 0.3 is 0 Å². The molecule has 2 unspecified atom stereocenters. The molecule has 246 valence electrons. The second-order valence-corrected chi connectivity index (χ2v) is 13.7. The molecule has 2 atom stereocenters. The zero-order valence-corrected chi connectivity index (χ0v) is 29.5. The van der Waals surface area contributed by atoms with E-state index >= 15 is 0 Å². The number of hydrogen-bond acceptors (Lipinski definition) is 2. The van der Waals surface area contributed by atoms with Crippen molar-refractivity contribution in [3.05, 3.63) is 0 Å². The Morgan fingerprint density at radius 3 is 1.27 bits per heavy atom. The summed E-state index contributed by atoms with van der Waals surface area (Å²) < 4.78 is 0. The topological polar surface area (TPSA) is 23.6 Å². The van der Waals surface area contributed by atoms with E-state index < -0.39 is 0 Å². The monoisotopic (exact) mass is 579 g/mol. The molecular formula is C38H78N2O. The lowest BCUT2D eigenvalue weighted by molar-refractivity contribution is -0.137. The van der Waals surface area contributed by atoms with Crippen LogP contribution in [0, 0.1) is 11.8 Å². The van der Waals surface area contributed by atoms with Crippen molar-refractivity contribution in [1.29, 1.82) is 0 Å². The molecule has 0 radical (unpaired) electrons. The molecule has 1 amide bonds. The molecule has 0 aliphatic carbocycles. The average molecular weight is 579 g/mol. The van der Waals surface area contributed by atoms with Crippen LogP contribution in [0.5, 0.6) is 0 Å². The Balaban J connectivity index is 5.41. The Bertz CT molecular complexity index is 534. The third-order valence-electron chi connectivity index (χ3n) is 9.17. The van der Waals surface area contributed by atoms with E-state index in [1.807, 2.05) is 0 Å².